The molecule has 1 saturated heterocycles. The second-order valence-corrected chi connectivity index (χ2v) is 7.24. The summed E-state index contributed by atoms with van der Waals surface area (Å²) in [5.74, 6) is -0.390. The standard InChI is InChI=1S/C19H19NO4S/c1-24-16(21)12-13-5-7-14(8-6-13)25-11-10-19-9-3-2-4-15(19)17(22)20-18(19)23/h2-9,15H,10-12H2,1H3,(H,20,22,23). The lowest BCUT2D eigenvalue weighted by atomic mass is 9.72. The zero-order valence-electron chi connectivity index (χ0n) is 13.9. The van der Waals surface area contributed by atoms with E-state index < -0.39 is 11.3 Å². The average Bonchev–Trinajstić information content (AvgIpc) is 2.87. The molecule has 2 aliphatic rings. The van der Waals surface area contributed by atoms with E-state index in [1.807, 2.05) is 42.5 Å². The van der Waals surface area contributed by atoms with E-state index >= 15 is 0 Å². The maximum atomic E-state index is 12.3. The molecule has 5 nitrogen and oxygen atoms in total. The maximum Gasteiger partial charge on any atom is 0.309 e. The summed E-state index contributed by atoms with van der Waals surface area (Å²) < 4.78 is 4.65. The van der Waals surface area contributed by atoms with Crippen LogP contribution in [0.15, 0.2) is 53.5 Å². The van der Waals surface area contributed by atoms with Gasteiger partial charge in [-0.25, -0.2) is 0 Å². The molecule has 130 valence electrons. The van der Waals surface area contributed by atoms with Crippen molar-refractivity contribution >= 4 is 29.5 Å². The Balaban J connectivity index is 1.60. The van der Waals surface area contributed by atoms with Crippen LogP contribution in [0.2, 0.25) is 0 Å². The number of imide groups is 1. The van der Waals surface area contributed by atoms with Crippen molar-refractivity contribution < 1.29 is 19.1 Å². The van der Waals surface area contributed by atoms with Crippen LogP contribution in [0.3, 0.4) is 0 Å². The summed E-state index contributed by atoms with van der Waals surface area (Å²) in [6, 6.07) is 7.70. The summed E-state index contributed by atoms with van der Waals surface area (Å²) in [6.45, 7) is 0. The Labute approximate surface area is 150 Å². The summed E-state index contributed by atoms with van der Waals surface area (Å²) in [5, 5.41) is 2.45. The Kier molecular flexibility index (Phi) is 5.08. The highest BCUT2D eigenvalue weighted by Crippen LogP contribution is 2.42. The minimum Gasteiger partial charge on any atom is -0.469 e. The highest BCUT2D eigenvalue weighted by atomic mass is 32.2. The average molecular weight is 357 g/mol. The van der Waals surface area contributed by atoms with Gasteiger partial charge in [0.25, 0.3) is 0 Å². The van der Waals surface area contributed by atoms with Crippen molar-refractivity contribution in [3.8, 4) is 0 Å². The van der Waals surface area contributed by atoms with E-state index in [0.717, 1.165) is 10.5 Å². The number of hydrogen-bond acceptors (Lipinski definition) is 5. The lowest BCUT2D eigenvalue weighted by molar-refractivity contribution is -0.139. The number of carbonyl (C=O) groups is 3. The molecule has 1 aromatic rings. The van der Waals surface area contributed by atoms with E-state index in [1.54, 1.807) is 17.8 Å². The van der Waals surface area contributed by atoms with Gasteiger partial charge in [-0.3, -0.25) is 19.7 Å². The van der Waals surface area contributed by atoms with Gasteiger partial charge in [0, 0.05) is 4.90 Å². The largest absolute Gasteiger partial charge is 0.469 e. The molecule has 0 spiro atoms. The zero-order chi connectivity index (χ0) is 17.9. The number of thioether (sulfide) groups is 1. The van der Waals surface area contributed by atoms with Gasteiger partial charge in [0.05, 0.1) is 24.9 Å². The molecule has 2 amide bonds. The summed E-state index contributed by atoms with van der Waals surface area (Å²) in [7, 11) is 1.37. The first-order chi connectivity index (χ1) is 12.0. The molecule has 1 N–H and O–H groups in total. The van der Waals surface area contributed by atoms with Crippen molar-refractivity contribution in [1.29, 1.82) is 0 Å². The van der Waals surface area contributed by atoms with Gasteiger partial charge in [-0.1, -0.05) is 36.4 Å². The van der Waals surface area contributed by atoms with Gasteiger partial charge in [-0.05, 0) is 29.9 Å². The summed E-state index contributed by atoms with van der Waals surface area (Å²) in [5.41, 5.74) is 0.139. The number of rotatable bonds is 6. The SMILES string of the molecule is COC(=O)Cc1ccc(SCCC23C=CC=CC2C(=O)NC3=O)cc1. The van der Waals surface area contributed by atoms with Crippen LogP contribution in [0.25, 0.3) is 0 Å². The number of amides is 2. The topological polar surface area (TPSA) is 72.5 Å². The van der Waals surface area contributed by atoms with E-state index in [2.05, 4.69) is 10.1 Å². The molecule has 2 atom stereocenters. The summed E-state index contributed by atoms with van der Waals surface area (Å²) in [4.78, 5) is 36.6. The number of ether oxygens (including phenoxy) is 1. The molecule has 1 aromatic carbocycles. The third-order valence-corrected chi connectivity index (χ3v) is 5.60. The van der Waals surface area contributed by atoms with Crippen LogP contribution >= 0.6 is 11.8 Å². The van der Waals surface area contributed by atoms with E-state index in [9.17, 15) is 14.4 Å². The second-order valence-electron chi connectivity index (χ2n) is 6.08. The fourth-order valence-corrected chi connectivity index (χ4v) is 4.16. The number of hydrogen-bond donors (Lipinski definition) is 1. The third kappa shape index (κ3) is 3.54. The minimum absolute atomic E-state index is 0.211. The molecule has 0 bridgehead atoms. The van der Waals surface area contributed by atoms with E-state index in [4.69, 9.17) is 0 Å². The number of benzene rings is 1. The van der Waals surface area contributed by atoms with Crippen LogP contribution < -0.4 is 5.32 Å². The molecular formula is C19H19NO4S. The first-order valence-corrected chi connectivity index (χ1v) is 9.03. The molecule has 1 fully saturated rings. The summed E-state index contributed by atoms with van der Waals surface area (Å²) >= 11 is 1.63. The number of nitrogens with one attached hydrogen (secondary N) is 1. The van der Waals surface area contributed by atoms with Crippen molar-refractivity contribution in [2.24, 2.45) is 11.3 Å². The highest BCUT2D eigenvalue weighted by molar-refractivity contribution is 7.99. The lowest BCUT2D eigenvalue weighted by Gasteiger charge is -2.28. The quantitative estimate of drug-likeness (QED) is 0.480. The van der Waals surface area contributed by atoms with Crippen molar-refractivity contribution in [3.05, 3.63) is 54.1 Å². The van der Waals surface area contributed by atoms with Crippen LogP contribution in [0, 0.1) is 11.3 Å². The van der Waals surface area contributed by atoms with E-state index in [0.29, 0.717) is 12.2 Å². The van der Waals surface area contributed by atoms with Gasteiger partial charge in [0.1, 0.15) is 0 Å². The predicted octanol–water partition coefficient (Wildman–Crippen LogP) is 2.27. The fourth-order valence-electron chi connectivity index (χ4n) is 3.15. The molecule has 0 aromatic heterocycles. The van der Waals surface area contributed by atoms with Crippen LogP contribution in [-0.2, 0) is 25.5 Å². The van der Waals surface area contributed by atoms with Crippen molar-refractivity contribution in [3.63, 3.8) is 0 Å². The first-order valence-electron chi connectivity index (χ1n) is 8.05. The zero-order valence-corrected chi connectivity index (χ0v) is 14.7. The molecule has 1 aliphatic carbocycles. The number of esters is 1. The number of carbonyl (C=O) groups excluding carboxylic acids is 3. The molecule has 2 unspecified atom stereocenters. The van der Waals surface area contributed by atoms with Crippen molar-refractivity contribution in [2.75, 3.05) is 12.9 Å². The molecule has 1 aliphatic heterocycles. The monoisotopic (exact) mass is 357 g/mol. The van der Waals surface area contributed by atoms with Gasteiger partial charge in [-0.15, -0.1) is 11.8 Å². The fraction of sp³-hybridized carbons (Fsp3) is 0.316. The summed E-state index contributed by atoms with van der Waals surface area (Å²) in [6.07, 6.45) is 8.13. The Bertz CT molecular complexity index is 753. The number of methoxy groups -OCH3 is 1. The molecule has 3 rings (SSSR count). The van der Waals surface area contributed by atoms with Gasteiger partial charge >= 0.3 is 5.97 Å². The molecule has 25 heavy (non-hydrogen) atoms. The van der Waals surface area contributed by atoms with Gasteiger partial charge in [0.2, 0.25) is 11.8 Å². The first kappa shape index (κ1) is 17.5. The number of allylic oxidation sites excluding steroid dienone is 2. The van der Waals surface area contributed by atoms with Gasteiger partial charge < -0.3 is 4.74 Å². The Morgan fingerprint density at radius 3 is 2.72 bits per heavy atom. The van der Waals surface area contributed by atoms with Crippen molar-refractivity contribution in [2.45, 2.75) is 17.7 Å². The van der Waals surface area contributed by atoms with Crippen LogP contribution in [0.5, 0.6) is 0 Å². The van der Waals surface area contributed by atoms with E-state index in [1.165, 1.54) is 7.11 Å². The van der Waals surface area contributed by atoms with Crippen molar-refractivity contribution in [1.82, 2.24) is 5.32 Å². The highest BCUT2D eigenvalue weighted by Gasteiger charge is 2.52. The Morgan fingerprint density at radius 1 is 1.24 bits per heavy atom. The van der Waals surface area contributed by atoms with Crippen LogP contribution in [-0.4, -0.2) is 30.6 Å². The predicted molar refractivity (Wildman–Crippen MR) is 94.9 cm³/mol. The molecule has 1 heterocycles. The molecule has 0 saturated carbocycles. The third-order valence-electron chi connectivity index (χ3n) is 4.59. The maximum absolute atomic E-state index is 12.3. The normalized spacial score (nSPS) is 24.1. The minimum atomic E-state index is -0.760. The smallest absolute Gasteiger partial charge is 0.309 e. The van der Waals surface area contributed by atoms with E-state index in [-0.39, 0.29) is 24.2 Å². The second kappa shape index (κ2) is 7.27. The molecular weight excluding hydrogens is 338 g/mol. The Morgan fingerprint density at radius 2 is 2.00 bits per heavy atom. The Hall–Kier alpha value is -2.34. The molecule has 0 radical (unpaired) electrons. The lowest BCUT2D eigenvalue weighted by Crippen LogP contribution is -2.34. The van der Waals surface area contributed by atoms with Gasteiger partial charge in [-0.2, -0.15) is 0 Å². The van der Waals surface area contributed by atoms with Crippen LogP contribution in [0.4, 0.5) is 0 Å². The molecule has 6 heteroatoms. The number of fused-ring (bicyclic) bond motifs is 1. The van der Waals surface area contributed by atoms with Crippen LogP contribution in [0.1, 0.15) is 12.0 Å². The van der Waals surface area contributed by atoms with Gasteiger partial charge in [0.15, 0.2) is 0 Å².